The lowest BCUT2D eigenvalue weighted by atomic mass is 10.2. The second-order valence-corrected chi connectivity index (χ2v) is 4.38. The molecule has 0 atom stereocenters. The Bertz CT molecular complexity index is 431. The molecule has 0 aliphatic carbocycles. The van der Waals surface area contributed by atoms with E-state index in [0.717, 1.165) is 23.1 Å². The van der Waals surface area contributed by atoms with Crippen LogP contribution in [0.4, 0.5) is 0 Å². The van der Waals surface area contributed by atoms with Gasteiger partial charge in [0.1, 0.15) is 0 Å². The Morgan fingerprint density at radius 2 is 2.00 bits per heavy atom. The molecule has 1 aromatic carbocycles. The van der Waals surface area contributed by atoms with E-state index >= 15 is 0 Å². The Labute approximate surface area is 103 Å². The van der Waals surface area contributed by atoms with Crippen LogP contribution >= 0.6 is 28.7 Å². The van der Waals surface area contributed by atoms with Crippen molar-refractivity contribution in [1.82, 2.24) is 9.55 Å². The molecule has 1 aliphatic rings. The van der Waals surface area contributed by atoms with E-state index in [-0.39, 0.29) is 17.0 Å². The normalized spacial score (nSPS) is 13.3. The molecule has 0 unspecified atom stereocenters. The minimum Gasteiger partial charge on any atom is -0.325 e. The fourth-order valence-electron chi connectivity index (χ4n) is 1.66. The maximum atomic E-state index is 4.59. The average molecular weight is 283 g/mol. The molecule has 0 saturated carbocycles. The molecular formula is C11H11BrN2S. The zero-order chi connectivity index (χ0) is 9.38. The second-order valence-electron chi connectivity index (χ2n) is 3.32. The van der Waals surface area contributed by atoms with E-state index in [1.165, 1.54) is 5.56 Å². The number of hydrogen-bond donors (Lipinski definition) is 0. The summed E-state index contributed by atoms with van der Waals surface area (Å²) in [6.45, 7) is 1.10. The van der Waals surface area contributed by atoms with Crippen molar-refractivity contribution in [2.24, 2.45) is 0 Å². The lowest BCUT2D eigenvalue weighted by molar-refractivity contribution is 0.719. The smallest absolute Gasteiger partial charge is 0.168 e. The van der Waals surface area contributed by atoms with Crippen LogP contribution < -0.4 is 0 Å². The van der Waals surface area contributed by atoms with E-state index in [4.69, 9.17) is 0 Å². The molecule has 0 amide bonds. The first kappa shape index (κ1) is 10.8. The van der Waals surface area contributed by atoms with Crippen LogP contribution in [0.2, 0.25) is 0 Å². The van der Waals surface area contributed by atoms with Crippen LogP contribution in [0.25, 0.3) is 11.3 Å². The number of benzene rings is 1. The molecule has 0 bridgehead atoms. The molecule has 2 heterocycles. The van der Waals surface area contributed by atoms with Crippen LogP contribution in [0.1, 0.15) is 0 Å². The summed E-state index contributed by atoms with van der Waals surface area (Å²) in [6, 6.07) is 10.3. The third-order valence-electron chi connectivity index (χ3n) is 2.37. The maximum Gasteiger partial charge on any atom is 0.168 e. The summed E-state index contributed by atoms with van der Waals surface area (Å²) >= 11 is 1.84. The monoisotopic (exact) mass is 282 g/mol. The molecule has 0 fully saturated rings. The summed E-state index contributed by atoms with van der Waals surface area (Å²) in [5.41, 5.74) is 2.29. The van der Waals surface area contributed by atoms with Gasteiger partial charge in [0.2, 0.25) is 0 Å². The topological polar surface area (TPSA) is 17.8 Å². The number of halogens is 1. The summed E-state index contributed by atoms with van der Waals surface area (Å²) in [5, 5.41) is 1.16. The van der Waals surface area contributed by atoms with Crippen molar-refractivity contribution in [2.75, 3.05) is 5.75 Å². The van der Waals surface area contributed by atoms with Crippen LogP contribution in [-0.4, -0.2) is 15.3 Å². The Balaban J connectivity index is 0.000000853. The second kappa shape index (κ2) is 4.41. The number of aromatic nitrogens is 2. The lowest BCUT2D eigenvalue weighted by Crippen LogP contribution is -1.89. The SMILES string of the molecule is Br.c1ccc(-c2cn3c(n2)SCC3)cc1. The third kappa shape index (κ3) is 1.96. The minimum atomic E-state index is 0. The highest BCUT2D eigenvalue weighted by molar-refractivity contribution is 8.93. The maximum absolute atomic E-state index is 4.59. The van der Waals surface area contributed by atoms with E-state index in [9.17, 15) is 0 Å². The molecule has 1 aromatic heterocycles. The van der Waals surface area contributed by atoms with E-state index in [2.05, 4.69) is 27.9 Å². The molecule has 0 radical (unpaired) electrons. The number of thioether (sulfide) groups is 1. The van der Waals surface area contributed by atoms with Gasteiger partial charge in [-0.15, -0.1) is 17.0 Å². The van der Waals surface area contributed by atoms with Gasteiger partial charge in [0.25, 0.3) is 0 Å². The number of hydrogen-bond acceptors (Lipinski definition) is 2. The van der Waals surface area contributed by atoms with Gasteiger partial charge in [-0.1, -0.05) is 42.1 Å². The van der Waals surface area contributed by atoms with Gasteiger partial charge in [-0.25, -0.2) is 4.98 Å². The Kier molecular flexibility index (Phi) is 3.17. The number of aryl methyl sites for hydroxylation is 1. The fraction of sp³-hybridized carbons (Fsp3) is 0.182. The van der Waals surface area contributed by atoms with Crippen LogP contribution in [0.15, 0.2) is 41.7 Å². The van der Waals surface area contributed by atoms with E-state index in [1.54, 1.807) is 0 Å². The summed E-state index contributed by atoms with van der Waals surface area (Å²) in [4.78, 5) is 4.59. The van der Waals surface area contributed by atoms with E-state index in [1.807, 2.05) is 30.0 Å². The summed E-state index contributed by atoms with van der Waals surface area (Å²) in [5.74, 6) is 1.16. The zero-order valence-electron chi connectivity index (χ0n) is 8.09. The van der Waals surface area contributed by atoms with Crippen LogP contribution in [0.3, 0.4) is 0 Å². The molecule has 78 valence electrons. The summed E-state index contributed by atoms with van der Waals surface area (Å²) in [7, 11) is 0. The molecule has 2 aromatic rings. The number of rotatable bonds is 1. The quantitative estimate of drug-likeness (QED) is 0.799. The minimum absolute atomic E-state index is 0. The fourth-order valence-corrected chi connectivity index (χ4v) is 2.60. The number of nitrogens with zero attached hydrogens (tertiary/aromatic N) is 2. The van der Waals surface area contributed by atoms with Crippen LogP contribution in [-0.2, 0) is 6.54 Å². The van der Waals surface area contributed by atoms with Gasteiger partial charge in [0.15, 0.2) is 5.16 Å². The molecule has 0 spiro atoms. The molecular weight excluding hydrogens is 272 g/mol. The number of imidazole rings is 1. The van der Waals surface area contributed by atoms with Gasteiger partial charge in [0, 0.05) is 24.1 Å². The van der Waals surface area contributed by atoms with Gasteiger partial charge in [-0.3, -0.25) is 0 Å². The Morgan fingerprint density at radius 3 is 2.73 bits per heavy atom. The Morgan fingerprint density at radius 1 is 1.20 bits per heavy atom. The van der Waals surface area contributed by atoms with Gasteiger partial charge in [-0.2, -0.15) is 0 Å². The highest BCUT2D eigenvalue weighted by Crippen LogP contribution is 2.28. The molecule has 3 rings (SSSR count). The summed E-state index contributed by atoms with van der Waals surface area (Å²) < 4.78 is 2.23. The first-order valence-corrected chi connectivity index (χ1v) is 5.67. The van der Waals surface area contributed by atoms with Gasteiger partial charge >= 0.3 is 0 Å². The van der Waals surface area contributed by atoms with Crippen molar-refractivity contribution < 1.29 is 0 Å². The van der Waals surface area contributed by atoms with Crippen molar-refractivity contribution in [3.8, 4) is 11.3 Å². The zero-order valence-corrected chi connectivity index (χ0v) is 10.6. The van der Waals surface area contributed by atoms with Crippen LogP contribution in [0.5, 0.6) is 0 Å². The van der Waals surface area contributed by atoms with Crippen molar-refractivity contribution in [3.63, 3.8) is 0 Å². The highest BCUT2D eigenvalue weighted by atomic mass is 79.9. The van der Waals surface area contributed by atoms with Crippen LogP contribution in [0, 0.1) is 0 Å². The molecule has 4 heteroatoms. The Hall–Kier alpha value is -0.740. The standard InChI is InChI=1S/C11H10N2S.BrH/c1-2-4-9(5-3-1)10-8-13-6-7-14-11(13)12-10;/h1-5,8H,6-7H2;1H. The van der Waals surface area contributed by atoms with Gasteiger partial charge in [0.05, 0.1) is 5.69 Å². The molecule has 1 aliphatic heterocycles. The lowest BCUT2D eigenvalue weighted by Gasteiger charge is -1.94. The van der Waals surface area contributed by atoms with E-state index < -0.39 is 0 Å². The molecule has 15 heavy (non-hydrogen) atoms. The average Bonchev–Trinajstić information content (AvgIpc) is 2.78. The van der Waals surface area contributed by atoms with Crippen molar-refractivity contribution in [1.29, 1.82) is 0 Å². The first-order chi connectivity index (χ1) is 6.93. The largest absolute Gasteiger partial charge is 0.325 e. The molecule has 0 N–H and O–H groups in total. The highest BCUT2D eigenvalue weighted by Gasteiger charge is 2.14. The first-order valence-electron chi connectivity index (χ1n) is 4.69. The van der Waals surface area contributed by atoms with Gasteiger partial charge in [-0.05, 0) is 0 Å². The molecule has 2 nitrogen and oxygen atoms in total. The molecule has 0 saturated heterocycles. The van der Waals surface area contributed by atoms with E-state index in [0.29, 0.717) is 0 Å². The predicted molar refractivity (Wildman–Crippen MR) is 68.7 cm³/mol. The third-order valence-corrected chi connectivity index (χ3v) is 3.34. The predicted octanol–water partition coefficient (Wildman–Crippen LogP) is 3.23. The van der Waals surface area contributed by atoms with Crippen molar-refractivity contribution in [2.45, 2.75) is 11.7 Å². The van der Waals surface area contributed by atoms with Crippen molar-refractivity contribution in [3.05, 3.63) is 36.5 Å². The number of fused-ring (bicyclic) bond motifs is 1. The van der Waals surface area contributed by atoms with Gasteiger partial charge < -0.3 is 4.57 Å². The summed E-state index contributed by atoms with van der Waals surface area (Å²) in [6.07, 6.45) is 2.14. The van der Waals surface area contributed by atoms with Crippen molar-refractivity contribution >= 4 is 28.7 Å².